The molecule has 0 saturated carbocycles. The van der Waals surface area contributed by atoms with E-state index < -0.39 is 0 Å². The number of β-amino-alcohol motifs (C(OH)–C–C–N with tert-alkyl or cyclic N) is 1. The van der Waals surface area contributed by atoms with E-state index >= 15 is 0 Å². The van der Waals surface area contributed by atoms with Crippen LogP contribution in [-0.4, -0.2) is 98.5 Å². The van der Waals surface area contributed by atoms with Gasteiger partial charge in [-0.25, -0.2) is 0 Å². The van der Waals surface area contributed by atoms with Crippen LogP contribution < -0.4 is 9.64 Å². The number of para-hydroxylation sites is 1. The summed E-state index contributed by atoms with van der Waals surface area (Å²) in [5, 5.41) is 10.7. The summed E-state index contributed by atoms with van der Waals surface area (Å²) in [4.78, 5) is 9.41. The number of nitrogens with zero attached hydrogens (tertiary/aromatic N) is 4. The van der Waals surface area contributed by atoms with Crippen molar-refractivity contribution in [1.82, 2.24) is 14.7 Å². The Labute approximate surface area is 186 Å². The van der Waals surface area contributed by atoms with Crippen molar-refractivity contribution < 1.29 is 9.84 Å². The number of piperazine rings is 1. The molecule has 6 nitrogen and oxygen atoms in total. The molecule has 1 N–H and O–H groups in total. The average Bonchev–Trinajstić information content (AvgIpc) is 3.15. The smallest absolute Gasteiger partial charge is 0.119 e. The van der Waals surface area contributed by atoms with Crippen molar-refractivity contribution in [2.24, 2.45) is 0 Å². The highest BCUT2D eigenvalue weighted by Gasteiger charge is 2.36. The van der Waals surface area contributed by atoms with Crippen molar-refractivity contribution in [3.8, 4) is 5.75 Å². The number of hydrogen-bond donors (Lipinski definition) is 1. The van der Waals surface area contributed by atoms with Crippen LogP contribution in [0.15, 0.2) is 54.6 Å². The molecule has 2 aromatic rings. The van der Waals surface area contributed by atoms with Gasteiger partial charge >= 0.3 is 0 Å². The number of aliphatic hydroxyl groups excluding tert-OH is 1. The normalized spacial score (nSPS) is 22.9. The van der Waals surface area contributed by atoms with Crippen LogP contribution in [0.1, 0.15) is 5.56 Å². The van der Waals surface area contributed by atoms with E-state index in [1.165, 1.54) is 11.3 Å². The fraction of sp³-hybridized carbons (Fsp3) is 0.520. The summed E-state index contributed by atoms with van der Waals surface area (Å²) in [5.74, 6) is 0.918. The van der Waals surface area contributed by atoms with E-state index in [9.17, 15) is 5.11 Å². The van der Waals surface area contributed by atoms with E-state index in [4.69, 9.17) is 4.74 Å². The minimum absolute atomic E-state index is 0.228. The molecule has 2 heterocycles. The first-order valence-electron chi connectivity index (χ1n) is 11.4. The van der Waals surface area contributed by atoms with Crippen LogP contribution in [0, 0.1) is 0 Å². The van der Waals surface area contributed by atoms with Crippen molar-refractivity contribution in [2.45, 2.75) is 18.7 Å². The number of likely N-dealkylation sites (tertiary alicyclic amines) is 1. The summed E-state index contributed by atoms with van der Waals surface area (Å²) in [6.45, 7) is 8.18. The molecule has 0 aromatic heterocycles. The van der Waals surface area contributed by atoms with Crippen molar-refractivity contribution in [3.05, 3.63) is 60.2 Å². The predicted octanol–water partition coefficient (Wildman–Crippen LogP) is 1.99. The molecule has 168 valence electrons. The van der Waals surface area contributed by atoms with Crippen molar-refractivity contribution >= 4 is 5.69 Å². The molecule has 0 radical (unpaired) electrons. The summed E-state index contributed by atoms with van der Waals surface area (Å²) in [5.41, 5.74) is 2.56. The number of benzene rings is 2. The second-order valence-electron chi connectivity index (χ2n) is 8.98. The summed E-state index contributed by atoms with van der Waals surface area (Å²) in [6, 6.07) is 19.2. The lowest BCUT2D eigenvalue weighted by molar-refractivity contribution is 0.0791. The van der Waals surface area contributed by atoms with Crippen LogP contribution in [0.3, 0.4) is 0 Å². The Kier molecular flexibility index (Phi) is 7.45. The van der Waals surface area contributed by atoms with Gasteiger partial charge in [-0.3, -0.25) is 9.80 Å². The van der Waals surface area contributed by atoms with E-state index in [2.05, 4.69) is 74.2 Å². The fourth-order valence-corrected chi connectivity index (χ4v) is 4.58. The van der Waals surface area contributed by atoms with Crippen LogP contribution in [0.5, 0.6) is 5.75 Å². The first-order chi connectivity index (χ1) is 15.1. The fourth-order valence-electron chi connectivity index (χ4n) is 4.58. The van der Waals surface area contributed by atoms with Crippen LogP contribution in [0.2, 0.25) is 0 Å². The zero-order valence-electron chi connectivity index (χ0n) is 18.9. The van der Waals surface area contributed by atoms with Crippen LogP contribution in [0.25, 0.3) is 0 Å². The van der Waals surface area contributed by atoms with Crippen molar-refractivity contribution in [1.29, 1.82) is 0 Å². The van der Waals surface area contributed by atoms with Gasteiger partial charge in [-0.15, -0.1) is 0 Å². The Morgan fingerprint density at radius 1 is 0.935 bits per heavy atom. The number of hydrogen-bond acceptors (Lipinski definition) is 6. The number of anilines is 1. The first kappa shape index (κ1) is 22.1. The lowest BCUT2D eigenvalue weighted by atomic mass is 10.1. The molecule has 4 rings (SSSR count). The second kappa shape index (κ2) is 10.5. The maximum atomic E-state index is 10.7. The molecule has 0 amide bonds. The lowest BCUT2D eigenvalue weighted by Crippen LogP contribution is -2.53. The zero-order chi connectivity index (χ0) is 21.6. The molecule has 0 unspecified atom stereocenters. The Morgan fingerprint density at radius 3 is 2.32 bits per heavy atom. The highest BCUT2D eigenvalue weighted by atomic mass is 16.5. The van der Waals surface area contributed by atoms with E-state index in [-0.39, 0.29) is 12.1 Å². The highest BCUT2D eigenvalue weighted by molar-refractivity contribution is 5.46. The van der Waals surface area contributed by atoms with Gasteiger partial charge in [-0.05, 0) is 43.9 Å². The van der Waals surface area contributed by atoms with Crippen LogP contribution in [-0.2, 0) is 6.54 Å². The lowest BCUT2D eigenvalue weighted by Gasteiger charge is -2.39. The van der Waals surface area contributed by atoms with Gasteiger partial charge in [0, 0.05) is 64.1 Å². The largest absolute Gasteiger partial charge is 0.492 e. The quantitative estimate of drug-likeness (QED) is 0.699. The van der Waals surface area contributed by atoms with E-state index in [1.54, 1.807) is 0 Å². The number of ether oxygens (including phenoxy) is 1. The third-order valence-corrected chi connectivity index (χ3v) is 6.38. The first-order valence-corrected chi connectivity index (χ1v) is 11.4. The van der Waals surface area contributed by atoms with Gasteiger partial charge in [-0.1, -0.05) is 30.3 Å². The van der Waals surface area contributed by atoms with Gasteiger partial charge in [0.15, 0.2) is 0 Å². The van der Waals surface area contributed by atoms with Crippen LogP contribution >= 0.6 is 0 Å². The van der Waals surface area contributed by atoms with Gasteiger partial charge in [0.2, 0.25) is 0 Å². The van der Waals surface area contributed by atoms with Gasteiger partial charge in [0.25, 0.3) is 0 Å². The molecule has 2 aromatic carbocycles. The molecule has 0 spiro atoms. The highest BCUT2D eigenvalue weighted by Crippen LogP contribution is 2.23. The Balaban J connectivity index is 1.24. The Bertz CT molecular complexity index is 791. The maximum absolute atomic E-state index is 10.7. The Morgan fingerprint density at radius 2 is 1.65 bits per heavy atom. The Hall–Kier alpha value is -2.12. The third kappa shape index (κ3) is 5.98. The third-order valence-electron chi connectivity index (χ3n) is 6.38. The molecule has 2 saturated heterocycles. The molecule has 0 bridgehead atoms. The summed E-state index contributed by atoms with van der Waals surface area (Å²) in [7, 11) is 4.10. The van der Waals surface area contributed by atoms with Gasteiger partial charge < -0.3 is 19.6 Å². The number of likely N-dealkylation sites (N-methyl/N-ethyl adjacent to an activating group) is 1. The molecule has 31 heavy (non-hydrogen) atoms. The predicted molar refractivity (Wildman–Crippen MR) is 126 cm³/mol. The van der Waals surface area contributed by atoms with Gasteiger partial charge in [0.1, 0.15) is 12.4 Å². The van der Waals surface area contributed by atoms with Crippen molar-refractivity contribution in [2.75, 3.05) is 71.4 Å². The molecule has 6 heteroatoms. The molecule has 2 aliphatic rings. The molecular formula is C25H36N4O2. The average molecular weight is 425 g/mol. The van der Waals surface area contributed by atoms with Crippen molar-refractivity contribution in [3.63, 3.8) is 0 Å². The number of aliphatic hydroxyl groups is 1. The minimum atomic E-state index is -0.281. The SMILES string of the molecule is CN(C)CCOc1ccc(CN2C[C@H](O)[C@@H](N3CCN(c4ccccc4)CC3)C2)cc1. The van der Waals surface area contributed by atoms with E-state index in [0.717, 1.165) is 58.1 Å². The molecule has 0 aliphatic carbocycles. The zero-order valence-corrected chi connectivity index (χ0v) is 18.9. The molecular weight excluding hydrogens is 388 g/mol. The molecule has 2 atom stereocenters. The van der Waals surface area contributed by atoms with Gasteiger partial charge in [0.05, 0.1) is 6.10 Å². The van der Waals surface area contributed by atoms with Crippen LogP contribution in [0.4, 0.5) is 5.69 Å². The summed E-state index contributed by atoms with van der Waals surface area (Å²) in [6.07, 6.45) is -0.281. The summed E-state index contributed by atoms with van der Waals surface area (Å²) < 4.78 is 5.79. The topological polar surface area (TPSA) is 42.4 Å². The molecule has 2 aliphatic heterocycles. The van der Waals surface area contributed by atoms with E-state index in [0.29, 0.717) is 6.61 Å². The standard InChI is InChI=1S/C25H36N4O2/c1-26(2)16-17-31-23-10-8-21(9-11-23)18-27-19-24(25(30)20-27)29-14-12-28(13-15-29)22-6-4-3-5-7-22/h3-11,24-25,30H,12-20H2,1-2H3/t24-,25-/m0/s1. The number of rotatable bonds is 8. The minimum Gasteiger partial charge on any atom is -0.492 e. The van der Waals surface area contributed by atoms with E-state index in [1.807, 2.05) is 14.1 Å². The molecule has 2 fully saturated rings. The van der Waals surface area contributed by atoms with Gasteiger partial charge in [-0.2, -0.15) is 0 Å². The monoisotopic (exact) mass is 424 g/mol. The second-order valence-corrected chi connectivity index (χ2v) is 8.98. The summed E-state index contributed by atoms with van der Waals surface area (Å²) >= 11 is 0. The maximum Gasteiger partial charge on any atom is 0.119 e.